The minimum Gasteiger partial charge on any atom is -0.422 e. The molecule has 0 aliphatic heterocycles. The fraction of sp³-hybridized carbons (Fsp3) is 0.857. The van der Waals surface area contributed by atoms with Crippen LogP contribution in [0.25, 0.3) is 0 Å². The predicted octanol–water partition coefficient (Wildman–Crippen LogP) is 3.44. The van der Waals surface area contributed by atoms with E-state index in [1.807, 2.05) is 0 Å². The van der Waals surface area contributed by atoms with Crippen molar-refractivity contribution in [2.75, 3.05) is 0 Å². The van der Waals surface area contributed by atoms with Gasteiger partial charge < -0.3 is 9.52 Å². The van der Waals surface area contributed by atoms with Crippen molar-refractivity contribution >= 4 is 0 Å². The molecule has 18 heavy (non-hydrogen) atoms. The highest BCUT2D eigenvalue weighted by Crippen LogP contribution is 2.47. The maximum Gasteiger partial charge on any atom is 0.244 e. The number of hydrogen-bond donors (Lipinski definition) is 1. The van der Waals surface area contributed by atoms with Gasteiger partial charge in [-0.05, 0) is 37.5 Å². The molecule has 1 fully saturated rings. The number of rotatable bonds is 5. The van der Waals surface area contributed by atoms with Gasteiger partial charge in [0.2, 0.25) is 11.8 Å². The number of nitrogens with zero attached hydrogens (tertiary/aromatic N) is 2. The highest BCUT2D eigenvalue weighted by molar-refractivity contribution is 5.01. The van der Waals surface area contributed by atoms with Crippen molar-refractivity contribution in [1.82, 2.24) is 10.2 Å². The van der Waals surface area contributed by atoms with Crippen LogP contribution in [0.1, 0.15) is 77.2 Å². The average Bonchev–Trinajstić information content (AvgIpc) is 2.72. The normalized spacial score (nSPS) is 25.8. The third-order valence-corrected chi connectivity index (χ3v) is 4.20. The lowest BCUT2D eigenvalue weighted by Gasteiger charge is -2.38. The molecule has 4 nitrogen and oxygen atoms in total. The van der Waals surface area contributed by atoms with Crippen molar-refractivity contribution in [1.29, 1.82) is 0 Å². The first-order valence-corrected chi connectivity index (χ1v) is 6.92. The molecule has 102 valence electrons. The molecule has 1 aromatic heterocycles. The van der Waals surface area contributed by atoms with Crippen molar-refractivity contribution in [3.8, 4) is 0 Å². The van der Waals surface area contributed by atoms with E-state index in [1.54, 1.807) is 6.92 Å². The Kier molecular flexibility index (Phi) is 3.76. The van der Waals surface area contributed by atoms with Gasteiger partial charge in [-0.1, -0.05) is 27.2 Å². The maximum atomic E-state index is 9.35. The minimum atomic E-state index is -0.666. The molecule has 1 aromatic rings. The molecule has 1 N–H and O–H groups in total. The Morgan fingerprint density at radius 3 is 2.56 bits per heavy atom. The molecule has 1 saturated carbocycles. The van der Waals surface area contributed by atoms with Crippen molar-refractivity contribution in [2.45, 2.75) is 65.4 Å². The zero-order valence-electron chi connectivity index (χ0n) is 11.8. The molecule has 1 atom stereocenters. The van der Waals surface area contributed by atoms with E-state index in [4.69, 9.17) is 4.42 Å². The van der Waals surface area contributed by atoms with Crippen molar-refractivity contribution in [3.63, 3.8) is 0 Å². The predicted molar refractivity (Wildman–Crippen MR) is 69.1 cm³/mol. The molecule has 0 saturated heterocycles. The van der Waals surface area contributed by atoms with Gasteiger partial charge in [0.15, 0.2) is 0 Å². The Balaban J connectivity index is 1.85. The van der Waals surface area contributed by atoms with Crippen LogP contribution in [0.3, 0.4) is 0 Å². The Hall–Kier alpha value is -0.900. The van der Waals surface area contributed by atoms with E-state index in [-0.39, 0.29) is 0 Å². The molecule has 2 rings (SSSR count). The Morgan fingerprint density at radius 2 is 2.06 bits per heavy atom. The van der Waals surface area contributed by atoms with Gasteiger partial charge in [0.05, 0.1) is 0 Å². The standard InChI is InChI=1S/C14H24N2O2/c1-5-14(3,4)8-10-6-11(7-10)13-16-15-12(18-13)9(2)17/h9-11,17H,5-8H2,1-4H3/t9-,10-,11-/m0/s1. The molecular formula is C14H24N2O2. The fourth-order valence-corrected chi connectivity index (χ4v) is 2.61. The largest absolute Gasteiger partial charge is 0.422 e. The second-order valence-corrected chi connectivity index (χ2v) is 6.41. The van der Waals surface area contributed by atoms with Gasteiger partial charge in [0, 0.05) is 5.92 Å². The molecule has 0 radical (unpaired) electrons. The highest BCUT2D eigenvalue weighted by Gasteiger charge is 2.36. The molecular weight excluding hydrogens is 228 g/mol. The summed E-state index contributed by atoms with van der Waals surface area (Å²) in [6.07, 6.45) is 4.12. The SMILES string of the molecule is CCC(C)(C)C[C@H]1C[C@H](c2nnc([C@H](C)O)o2)C1. The monoisotopic (exact) mass is 252 g/mol. The Bertz CT molecular complexity index is 392. The van der Waals surface area contributed by atoms with Gasteiger partial charge in [-0.3, -0.25) is 0 Å². The summed E-state index contributed by atoms with van der Waals surface area (Å²) >= 11 is 0. The van der Waals surface area contributed by atoms with Crippen LogP contribution in [0.4, 0.5) is 0 Å². The molecule has 4 heteroatoms. The first-order chi connectivity index (χ1) is 8.41. The summed E-state index contributed by atoms with van der Waals surface area (Å²) in [5.74, 6) is 2.23. The molecule has 1 aliphatic rings. The van der Waals surface area contributed by atoms with E-state index in [0.29, 0.717) is 23.1 Å². The smallest absolute Gasteiger partial charge is 0.244 e. The van der Waals surface area contributed by atoms with Crippen LogP contribution in [0, 0.1) is 11.3 Å². The molecule has 0 bridgehead atoms. The van der Waals surface area contributed by atoms with Crippen molar-refractivity contribution in [2.24, 2.45) is 11.3 Å². The third-order valence-electron chi connectivity index (χ3n) is 4.20. The van der Waals surface area contributed by atoms with E-state index in [1.165, 1.54) is 12.8 Å². The fourth-order valence-electron chi connectivity index (χ4n) is 2.61. The first kappa shape index (κ1) is 13.5. The van der Waals surface area contributed by atoms with Crippen LogP contribution in [-0.4, -0.2) is 15.3 Å². The van der Waals surface area contributed by atoms with Gasteiger partial charge in [-0.25, -0.2) is 0 Å². The quantitative estimate of drug-likeness (QED) is 0.872. The van der Waals surface area contributed by atoms with Gasteiger partial charge in [0.1, 0.15) is 6.10 Å². The zero-order chi connectivity index (χ0) is 13.3. The van der Waals surface area contributed by atoms with Gasteiger partial charge >= 0.3 is 0 Å². The van der Waals surface area contributed by atoms with E-state index in [2.05, 4.69) is 31.0 Å². The lowest BCUT2D eigenvalue weighted by molar-refractivity contribution is 0.135. The van der Waals surface area contributed by atoms with Gasteiger partial charge in [-0.2, -0.15) is 0 Å². The molecule has 1 aliphatic carbocycles. The number of hydrogen-bond acceptors (Lipinski definition) is 4. The molecule has 0 aromatic carbocycles. The second-order valence-electron chi connectivity index (χ2n) is 6.41. The summed E-state index contributed by atoms with van der Waals surface area (Å²) in [5, 5.41) is 17.3. The van der Waals surface area contributed by atoms with Crippen LogP contribution in [0.2, 0.25) is 0 Å². The van der Waals surface area contributed by atoms with Crippen molar-refractivity contribution in [3.05, 3.63) is 11.8 Å². The second kappa shape index (κ2) is 5.00. The van der Waals surface area contributed by atoms with Crippen LogP contribution < -0.4 is 0 Å². The van der Waals surface area contributed by atoms with Crippen LogP contribution in [0.5, 0.6) is 0 Å². The molecule has 0 amide bonds. The Labute approximate surface area is 109 Å². The summed E-state index contributed by atoms with van der Waals surface area (Å²) in [6.45, 7) is 8.56. The summed E-state index contributed by atoms with van der Waals surface area (Å²) in [5.41, 5.74) is 0.440. The lowest BCUT2D eigenvalue weighted by Crippen LogP contribution is -2.27. The summed E-state index contributed by atoms with van der Waals surface area (Å²) in [6, 6.07) is 0. The number of aliphatic hydroxyl groups is 1. The zero-order valence-corrected chi connectivity index (χ0v) is 11.8. The highest BCUT2D eigenvalue weighted by atomic mass is 16.4. The van der Waals surface area contributed by atoms with Gasteiger partial charge in [-0.15, -0.1) is 10.2 Å². The summed E-state index contributed by atoms with van der Waals surface area (Å²) < 4.78 is 5.48. The van der Waals surface area contributed by atoms with E-state index < -0.39 is 6.10 Å². The van der Waals surface area contributed by atoms with E-state index >= 15 is 0 Å². The van der Waals surface area contributed by atoms with Crippen LogP contribution in [-0.2, 0) is 0 Å². The summed E-state index contributed by atoms with van der Waals surface area (Å²) in [4.78, 5) is 0. The molecule has 1 heterocycles. The van der Waals surface area contributed by atoms with Crippen LogP contribution in [0.15, 0.2) is 4.42 Å². The summed E-state index contributed by atoms with van der Waals surface area (Å²) in [7, 11) is 0. The lowest BCUT2D eigenvalue weighted by atomic mass is 9.67. The topological polar surface area (TPSA) is 59.2 Å². The average molecular weight is 252 g/mol. The molecule has 0 spiro atoms. The van der Waals surface area contributed by atoms with E-state index in [0.717, 1.165) is 18.8 Å². The molecule has 0 unspecified atom stereocenters. The number of aliphatic hydroxyl groups excluding tert-OH is 1. The van der Waals surface area contributed by atoms with Crippen molar-refractivity contribution < 1.29 is 9.52 Å². The van der Waals surface area contributed by atoms with Crippen LogP contribution >= 0.6 is 0 Å². The Morgan fingerprint density at radius 1 is 1.39 bits per heavy atom. The third kappa shape index (κ3) is 2.91. The minimum absolute atomic E-state index is 0.335. The van der Waals surface area contributed by atoms with E-state index in [9.17, 15) is 5.11 Å². The maximum absolute atomic E-state index is 9.35. The number of aromatic nitrogens is 2. The van der Waals surface area contributed by atoms with Gasteiger partial charge in [0.25, 0.3) is 0 Å². The first-order valence-electron chi connectivity index (χ1n) is 6.92.